The second kappa shape index (κ2) is 43.9. The van der Waals surface area contributed by atoms with Gasteiger partial charge >= 0.3 is 5.97 Å². The van der Waals surface area contributed by atoms with Crippen molar-refractivity contribution in [3.8, 4) is 5.75 Å². The molecule has 0 aliphatic carbocycles. The van der Waals surface area contributed by atoms with E-state index in [1.165, 1.54) is 38.1 Å². The van der Waals surface area contributed by atoms with Crippen LogP contribution in [0.4, 0.5) is 0 Å². The molecule has 0 heterocycles. The fourth-order valence-electron chi connectivity index (χ4n) is 8.32. The fourth-order valence-corrected chi connectivity index (χ4v) is 8.32. The van der Waals surface area contributed by atoms with Crippen LogP contribution in [0.5, 0.6) is 5.75 Å². The Morgan fingerprint density at radius 2 is 0.667 bits per heavy atom. The van der Waals surface area contributed by atoms with Crippen molar-refractivity contribution >= 4 is 88.8 Å². The molecule has 0 saturated heterocycles. The molecule has 13 atom stereocenters. The van der Waals surface area contributed by atoms with E-state index in [2.05, 4.69) is 62.8 Å². The minimum absolute atomic E-state index is 0.00847. The Labute approximate surface area is 549 Å². The minimum atomic E-state index is -2.03. The number of aliphatic hydroxyl groups excluding tert-OH is 7. The molecular weight excluding hydrogens is 1280 g/mol. The van der Waals surface area contributed by atoms with Gasteiger partial charge in [-0.3, -0.25) is 67.7 Å². The van der Waals surface area contributed by atoms with Gasteiger partial charge in [0.1, 0.15) is 78.3 Å². The number of aromatic hydroxyl groups is 1. The number of phenolic OH excluding ortho intramolecular Hbond substituents is 1. The van der Waals surface area contributed by atoms with Gasteiger partial charge in [-0.05, 0) is 69.1 Å². The predicted molar refractivity (Wildman–Crippen MR) is 337 cm³/mol. The SMILES string of the molecule is CC(C)[C@H](NC(=O)[C@H](CO)NC(=O)[C@H](CCCN=C(N)N)NC(=O)[C@@H](NC(=O)[C@@H](N)CO)[C@@H](C)O)C(=O)N[C@@H](CO)C(=O)N[C@@H](CO)C(=O)N[C@@H](CO)C(=O)N[C@@H](CO)C(=O)N[C@@H](Cc1ccc(O)cc1)C(=O)N[C@@H](CCCN=C(N)N)C(=O)N[C@@H](CCCN=C(N)N)C(=O)O. The molecule has 42 nitrogen and oxygen atoms in total. The number of nitrogens with zero attached hydrogens (tertiary/aromatic N) is 3. The molecule has 0 spiro atoms. The quantitative estimate of drug-likeness (QED) is 0.0164. The molecule has 0 aliphatic heterocycles. The number of guanidine groups is 3. The third-order valence-electron chi connectivity index (χ3n) is 13.6. The number of phenols is 1. The maximum absolute atomic E-state index is 14.1. The third-order valence-corrected chi connectivity index (χ3v) is 13.6. The summed E-state index contributed by atoms with van der Waals surface area (Å²) < 4.78 is 0. The van der Waals surface area contributed by atoms with E-state index in [0.29, 0.717) is 5.56 Å². The Hall–Kier alpha value is -9.85. The first-order valence-corrected chi connectivity index (χ1v) is 29.8. The average molecular weight is 1370 g/mol. The second-order valence-electron chi connectivity index (χ2n) is 21.8. The number of amides is 11. The number of carboxylic acid groups (broad SMARTS) is 1. The number of aliphatic hydroxyl groups is 7. The number of aliphatic carboxylic acids is 1. The van der Waals surface area contributed by atoms with Crippen molar-refractivity contribution in [3.05, 3.63) is 29.8 Å². The smallest absolute Gasteiger partial charge is 0.326 e. The van der Waals surface area contributed by atoms with Gasteiger partial charge in [0, 0.05) is 26.1 Å². The molecule has 0 aliphatic rings. The molecule has 1 aromatic rings. The Kier molecular flexibility index (Phi) is 38.5. The van der Waals surface area contributed by atoms with Crippen molar-refractivity contribution in [1.82, 2.24) is 58.5 Å². The van der Waals surface area contributed by atoms with Gasteiger partial charge in [-0.25, -0.2) is 4.79 Å². The van der Waals surface area contributed by atoms with Gasteiger partial charge < -0.3 is 145 Å². The molecular formula is C54H93N21O21. The standard InChI is InChI=1S/C54H93N21O21/c1-24(2)38(74-48(92)37(23-81)69-42(86)30(8-5-15-63-53(58)59)66-50(94)39(25(3)82)75-40(84)28(55)18-76)49(93)73-36(22-80)47(91)72-35(21-79)46(90)71-34(20-78)45(89)70-33(19-77)44(88)68-32(17-26-10-12-27(83)13-11-26)43(87)65-29(7-4-14-62-52(56)57)41(85)67-31(51(95)96)9-6-16-64-54(60)61/h10-13,24-25,28-39,76-83H,4-9,14-23,55H2,1-3H3,(H,65,87)(H,66,94)(H,67,85)(H,68,88)(H,69,86)(H,70,89)(H,71,90)(H,72,91)(H,73,93)(H,74,92)(H,75,84)(H,95,96)(H4,56,57,62)(H4,58,59,63)(H4,60,61,64)/t25-,28+,29+,30+,31+,32+,33+,34+,35+,36+,37+,38+,39+/m1/s1. The van der Waals surface area contributed by atoms with E-state index in [0.717, 1.165) is 6.92 Å². The first-order valence-electron chi connectivity index (χ1n) is 29.8. The van der Waals surface area contributed by atoms with Gasteiger partial charge in [0.2, 0.25) is 65.0 Å². The lowest BCUT2D eigenvalue weighted by Crippen LogP contribution is -2.63. The van der Waals surface area contributed by atoms with Crippen LogP contribution in [-0.4, -0.2) is 273 Å². The highest BCUT2D eigenvalue weighted by atomic mass is 16.4. The molecule has 1 aromatic carbocycles. The third kappa shape index (κ3) is 30.9. The van der Waals surface area contributed by atoms with Crippen LogP contribution in [0.1, 0.15) is 64.9 Å². The molecule has 0 unspecified atom stereocenters. The number of nitrogens with two attached hydrogens (primary N) is 7. The normalized spacial score (nSPS) is 15.0. The van der Waals surface area contributed by atoms with Crippen molar-refractivity contribution in [3.63, 3.8) is 0 Å². The molecule has 42 heteroatoms. The summed E-state index contributed by atoms with van der Waals surface area (Å²) in [4.78, 5) is 172. The minimum Gasteiger partial charge on any atom is -0.508 e. The van der Waals surface area contributed by atoms with Gasteiger partial charge in [-0.1, -0.05) is 26.0 Å². The first kappa shape index (κ1) is 84.2. The lowest BCUT2D eigenvalue weighted by Gasteiger charge is -2.28. The molecule has 0 aromatic heterocycles. The van der Waals surface area contributed by atoms with E-state index in [1.807, 2.05) is 10.6 Å². The van der Waals surface area contributed by atoms with E-state index >= 15 is 0 Å². The monoisotopic (exact) mass is 1370 g/mol. The molecule has 0 saturated carbocycles. The molecule has 0 bridgehead atoms. The van der Waals surface area contributed by atoms with Gasteiger partial charge in [-0.2, -0.15) is 0 Å². The molecule has 540 valence electrons. The molecule has 96 heavy (non-hydrogen) atoms. The van der Waals surface area contributed by atoms with Crippen LogP contribution in [0.25, 0.3) is 0 Å². The molecule has 11 amide bonds. The summed E-state index contributed by atoms with van der Waals surface area (Å²) in [5, 5.41) is 115. The van der Waals surface area contributed by atoms with Gasteiger partial charge in [0.05, 0.1) is 45.7 Å². The fraction of sp³-hybridized carbons (Fsp3) is 0.611. The lowest BCUT2D eigenvalue weighted by molar-refractivity contribution is -0.142. The highest BCUT2D eigenvalue weighted by Gasteiger charge is 2.37. The predicted octanol–water partition coefficient (Wildman–Crippen LogP) is -14.2. The summed E-state index contributed by atoms with van der Waals surface area (Å²) in [5.41, 5.74) is 38.1. The van der Waals surface area contributed by atoms with E-state index in [-0.39, 0.29) is 88.2 Å². The average Bonchev–Trinajstić information content (AvgIpc) is 0.966. The maximum Gasteiger partial charge on any atom is 0.326 e. The second-order valence-corrected chi connectivity index (χ2v) is 21.8. The topological polar surface area (TPSA) is 738 Å². The number of carboxylic acids is 1. The van der Waals surface area contributed by atoms with E-state index < -0.39 is 195 Å². The van der Waals surface area contributed by atoms with Gasteiger partial charge in [0.25, 0.3) is 0 Å². The van der Waals surface area contributed by atoms with Crippen LogP contribution in [0.2, 0.25) is 0 Å². The highest BCUT2D eigenvalue weighted by Crippen LogP contribution is 2.14. The number of carbonyl (C=O) groups is 12. The van der Waals surface area contributed by atoms with Crippen LogP contribution in [0.15, 0.2) is 39.2 Å². The number of hydrogen-bond acceptors (Lipinski definition) is 24. The molecule has 1 rings (SSSR count). The van der Waals surface area contributed by atoms with Crippen LogP contribution in [0.3, 0.4) is 0 Å². The summed E-state index contributed by atoms with van der Waals surface area (Å²) in [5.74, 6) is -16.5. The Balaban J connectivity index is 3.33. The Morgan fingerprint density at radius 1 is 0.385 bits per heavy atom. The summed E-state index contributed by atoms with van der Waals surface area (Å²) in [6.07, 6.45) is -2.43. The molecule has 0 fully saturated rings. The Bertz CT molecular complexity index is 2840. The van der Waals surface area contributed by atoms with Crippen molar-refractivity contribution in [2.24, 2.45) is 61.0 Å². The summed E-state index contributed by atoms with van der Waals surface area (Å²) in [6.45, 7) is -3.02. The molecule has 34 N–H and O–H groups in total. The zero-order chi connectivity index (χ0) is 72.9. The zero-order valence-corrected chi connectivity index (χ0v) is 53.0. The first-order chi connectivity index (χ1) is 45.2. The summed E-state index contributed by atoms with van der Waals surface area (Å²) in [7, 11) is 0. The number of nitrogens with one attached hydrogen (secondary N) is 11. The van der Waals surface area contributed by atoms with E-state index in [9.17, 15) is 103 Å². The van der Waals surface area contributed by atoms with Gasteiger partial charge in [-0.15, -0.1) is 0 Å². The highest BCUT2D eigenvalue weighted by molar-refractivity contribution is 5.99. The summed E-state index contributed by atoms with van der Waals surface area (Å²) in [6, 6.07) is -15.8. The van der Waals surface area contributed by atoms with Crippen LogP contribution >= 0.6 is 0 Å². The van der Waals surface area contributed by atoms with Crippen molar-refractivity contribution < 1.29 is 103 Å². The van der Waals surface area contributed by atoms with Crippen LogP contribution in [0, 0.1) is 5.92 Å². The van der Waals surface area contributed by atoms with E-state index in [4.69, 9.17) is 40.1 Å². The number of carbonyl (C=O) groups excluding carboxylic acids is 11. The van der Waals surface area contributed by atoms with Crippen molar-refractivity contribution in [1.29, 1.82) is 0 Å². The molecule has 0 radical (unpaired) electrons. The van der Waals surface area contributed by atoms with Crippen molar-refractivity contribution in [2.75, 3.05) is 59.3 Å². The number of rotatable bonds is 45. The summed E-state index contributed by atoms with van der Waals surface area (Å²) >= 11 is 0. The number of hydrogen-bond donors (Lipinski definition) is 27. The zero-order valence-electron chi connectivity index (χ0n) is 53.0. The largest absolute Gasteiger partial charge is 0.508 e. The van der Waals surface area contributed by atoms with Gasteiger partial charge in [0.15, 0.2) is 17.9 Å². The number of benzene rings is 1. The maximum atomic E-state index is 14.1. The van der Waals surface area contributed by atoms with Crippen molar-refractivity contribution in [2.45, 2.75) is 144 Å². The van der Waals surface area contributed by atoms with E-state index in [1.54, 1.807) is 0 Å². The number of aliphatic imine (C=N–C) groups is 3. The van der Waals surface area contributed by atoms with Crippen LogP contribution < -0.4 is 98.6 Å². The van der Waals surface area contributed by atoms with Crippen LogP contribution in [-0.2, 0) is 64.0 Å². The Morgan fingerprint density at radius 3 is 1.00 bits per heavy atom. The lowest BCUT2D eigenvalue weighted by atomic mass is 10.0.